The van der Waals surface area contributed by atoms with E-state index in [4.69, 9.17) is 6.42 Å². The van der Waals surface area contributed by atoms with Crippen molar-refractivity contribution in [1.29, 1.82) is 5.26 Å². The zero-order chi connectivity index (χ0) is 17.5. The average Bonchev–Trinajstić information content (AvgIpc) is 3.20. The summed E-state index contributed by atoms with van der Waals surface area (Å²) < 4.78 is 0. The highest BCUT2D eigenvalue weighted by atomic mass is 32.2. The number of amides is 2. The van der Waals surface area contributed by atoms with Crippen molar-refractivity contribution < 1.29 is 9.59 Å². The second-order valence-corrected chi connectivity index (χ2v) is 7.21. The highest BCUT2D eigenvalue weighted by molar-refractivity contribution is 8.04. The first-order valence-corrected chi connectivity index (χ1v) is 9.24. The molecule has 5 nitrogen and oxygen atoms in total. The summed E-state index contributed by atoms with van der Waals surface area (Å²) in [5.74, 6) is 1.71. The summed E-state index contributed by atoms with van der Waals surface area (Å²) in [6.07, 6.45) is 6.60. The van der Waals surface area contributed by atoms with E-state index in [0.29, 0.717) is 18.0 Å². The third kappa shape index (κ3) is 4.00. The molecule has 1 aromatic heterocycles. The topological polar surface area (TPSA) is 73.2 Å². The van der Waals surface area contributed by atoms with Gasteiger partial charge in [-0.1, -0.05) is 23.7 Å². The smallest absolute Gasteiger partial charge is 0.265 e. The Labute approximate surface area is 149 Å². The van der Waals surface area contributed by atoms with Gasteiger partial charge in [0.05, 0.1) is 11.8 Å². The molecule has 1 unspecified atom stereocenters. The molecule has 0 aromatic carbocycles. The number of nitrogens with one attached hydrogen (secondary N) is 1. The summed E-state index contributed by atoms with van der Waals surface area (Å²) in [6.45, 7) is 2.29. The minimum Gasteiger partial charge on any atom is -0.340 e. The van der Waals surface area contributed by atoms with Crippen molar-refractivity contribution in [1.82, 2.24) is 10.2 Å². The Kier molecular flexibility index (Phi) is 6.48. The van der Waals surface area contributed by atoms with E-state index in [1.54, 1.807) is 11.3 Å². The molecular weight excluding hydrogens is 342 g/mol. The Morgan fingerprint density at radius 2 is 2.33 bits per heavy atom. The molecule has 1 fully saturated rings. The van der Waals surface area contributed by atoms with E-state index < -0.39 is 5.91 Å². The number of terminal acetylenes is 1. The fourth-order valence-electron chi connectivity index (χ4n) is 2.34. The molecule has 0 spiro atoms. The Morgan fingerprint density at radius 3 is 2.92 bits per heavy atom. The molecule has 124 valence electrons. The van der Waals surface area contributed by atoms with Crippen molar-refractivity contribution in [3.8, 4) is 18.4 Å². The lowest BCUT2D eigenvalue weighted by Gasteiger charge is -2.15. The predicted molar refractivity (Wildman–Crippen MR) is 95.9 cm³/mol. The van der Waals surface area contributed by atoms with Crippen molar-refractivity contribution in [3.05, 3.63) is 33.0 Å². The van der Waals surface area contributed by atoms with Crippen LogP contribution in [0.2, 0.25) is 0 Å². The molecule has 0 radical (unpaired) electrons. The van der Waals surface area contributed by atoms with Crippen molar-refractivity contribution >= 4 is 34.9 Å². The monoisotopic (exact) mass is 359 g/mol. The maximum Gasteiger partial charge on any atom is 0.265 e. The van der Waals surface area contributed by atoms with Crippen LogP contribution in [0.3, 0.4) is 0 Å². The number of nitriles is 1. The SMILES string of the molecule is C#CCNC(=O)/C(C#N)=C1\SC(CCc2cccs2)C(=O)N1CC. The molecule has 1 aliphatic rings. The van der Waals surface area contributed by atoms with Crippen molar-refractivity contribution in [2.75, 3.05) is 13.1 Å². The molecule has 0 aliphatic carbocycles. The fraction of sp³-hybridized carbons (Fsp3) is 0.353. The molecule has 7 heteroatoms. The van der Waals surface area contributed by atoms with Gasteiger partial charge in [-0.25, -0.2) is 0 Å². The Balaban J connectivity index is 2.18. The van der Waals surface area contributed by atoms with Gasteiger partial charge in [-0.05, 0) is 31.2 Å². The highest BCUT2D eigenvalue weighted by Gasteiger charge is 2.38. The van der Waals surface area contributed by atoms with Gasteiger partial charge in [0.2, 0.25) is 5.91 Å². The second-order valence-electron chi connectivity index (χ2n) is 4.99. The first-order valence-electron chi connectivity index (χ1n) is 7.48. The van der Waals surface area contributed by atoms with E-state index in [9.17, 15) is 14.9 Å². The van der Waals surface area contributed by atoms with E-state index in [1.807, 2.05) is 30.5 Å². The van der Waals surface area contributed by atoms with E-state index in [-0.39, 0.29) is 23.3 Å². The Hall–Kier alpha value is -2.22. The van der Waals surface area contributed by atoms with Gasteiger partial charge < -0.3 is 10.2 Å². The summed E-state index contributed by atoms with van der Waals surface area (Å²) in [6, 6.07) is 5.94. The normalized spacial score (nSPS) is 18.9. The average molecular weight is 359 g/mol. The molecule has 0 saturated carbocycles. The molecule has 0 bridgehead atoms. The number of nitrogens with zero attached hydrogens (tertiary/aromatic N) is 2. The van der Waals surface area contributed by atoms with Crippen LogP contribution in [0.1, 0.15) is 18.2 Å². The lowest BCUT2D eigenvalue weighted by molar-refractivity contribution is -0.127. The van der Waals surface area contributed by atoms with Gasteiger partial charge in [0.1, 0.15) is 16.7 Å². The standard InChI is InChI=1S/C17H17N3O2S2/c1-3-9-19-15(21)13(11-18)17-20(4-2)16(22)14(24-17)8-7-12-6-5-10-23-12/h1,5-6,10,14H,4,7-9H2,2H3,(H,19,21)/b17-13-. The maximum atomic E-state index is 12.6. The quantitative estimate of drug-likeness (QED) is 0.480. The van der Waals surface area contributed by atoms with Crippen LogP contribution in [-0.4, -0.2) is 35.1 Å². The summed E-state index contributed by atoms with van der Waals surface area (Å²) in [7, 11) is 0. The number of hydrogen-bond acceptors (Lipinski definition) is 5. The van der Waals surface area contributed by atoms with Gasteiger partial charge in [-0.3, -0.25) is 9.59 Å². The number of carbonyl (C=O) groups excluding carboxylic acids is 2. The largest absolute Gasteiger partial charge is 0.340 e. The third-order valence-electron chi connectivity index (χ3n) is 3.49. The van der Waals surface area contributed by atoms with Crippen LogP contribution in [0.15, 0.2) is 28.1 Å². The van der Waals surface area contributed by atoms with Crippen LogP contribution in [0.25, 0.3) is 0 Å². The van der Waals surface area contributed by atoms with E-state index >= 15 is 0 Å². The predicted octanol–water partition coefficient (Wildman–Crippen LogP) is 2.13. The molecule has 1 aromatic rings. The molecule has 1 aliphatic heterocycles. The van der Waals surface area contributed by atoms with Crippen LogP contribution in [0.5, 0.6) is 0 Å². The minimum atomic E-state index is -0.539. The summed E-state index contributed by atoms with van der Waals surface area (Å²) in [5, 5.41) is 14.0. The molecule has 1 atom stereocenters. The van der Waals surface area contributed by atoms with Crippen molar-refractivity contribution in [2.24, 2.45) is 0 Å². The number of rotatable bonds is 6. The zero-order valence-corrected chi connectivity index (χ0v) is 14.9. The van der Waals surface area contributed by atoms with Gasteiger partial charge in [0, 0.05) is 11.4 Å². The molecule has 1 N–H and O–H groups in total. The highest BCUT2D eigenvalue weighted by Crippen LogP contribution is 2.39. The fourth-order valence-corrected chi connectivity index (χ4v) is 4.40. The molecular formula is C17H17N3O2S2. The van der Waals surface area contributed by atoms with Gasteiger partial charge in [-0.2, -0.15) is 5.26 Å². The summed E-state index contributed by atoms with van der Waals surface area (Å²) in [4.78, 5) is 27.4. The van der Waals surface area contributed by atoms with Crippen LogP contribution >= 0.6 is 23.1 Å². The van der Waals surface area contributed by atoms with E-state index in [0.717, 1.165) is 6.42 Å². The molecule has 2 heterocycles. The number of carbonyl (C=O) groups is 2. The lowest BCUT2D eigenvalue weighted by atomic mass is 10.2. The van der Waals surface area contributed by atoms with Gasteiger partial charge >= 0.3 is 0 Å². The van der Waals surface area contributed by atoms with Crippen molar-refractivity contribution in [3.63, 3.8) is 0 Å². The Morgan fingerprint density at radius 1 is 1.54 bits per heavy atom. The minimum absolute atomic E-state index is 0.0455. The summed E-state index contributed by atoms with van der Waals surface area (Å²) in [5.41, 5.74) is -0.0518. The van der Waals surface area contributed by atoms with Gasteiger partial charge in [-0.15, -0.1) is 17.8 Å². The second kappa shape index (κ2) is 8.58. The van der Waals surface area contributed by atoms with Gasteiger partial charge in [0.15, 0.2) is 0 Å². The van der Waals surface area contributed by atoms with E-state index in [1.165, 1.54) is 21.5 Å². The lowest BCUT2D eigenvalue weighted by Crippen LogP contribution is -2.31. The Bertz CT molecular complexity index is 726. The zero-order valence-electron chi connectivity index (χ0n) is 13.2. The molecule has 2 amide bonds. The summed E-state index contributed by atoms with van der Waals surface area (Å²) >= 11 is 2.95. The van der Waals surface area contributed by atoms with Crippen molar-refractivity contribution in [2.45, 2.75) is 25.0 Å². The van der Waals surface area contributed by atoms with Crippen LogP contribution in [-0.2, 0) is 16.0 Å². The number of thioether (sulfide) groups is 1. The van der Waals surface area contributed by atoms with Crippen LogP contribution in [0, 0.1) is 23.7 Å². The number of hydrogen-bond donors (Lipinski definition) is 1. The molecule has 1 saturated heterocycles. The third-order valence-corrected chi connectivity index (χ3v) is 5.80. The molecule has 24 heavy (non-hydrogen) atoms. The maximum absolute atomic E-state index is 12.6. The first-order chi connectivity index (χ1) is 11.6. The van der Waals surface area contributed by atoms with Crippen LogP contribution < -0.4 is 5.32 Å². The number of aryl methyl sites for hydroxylation is 1. The molecule has 2 rings (SSSR count). The number of thiophene rings is 1. The van der Waals surface area contributed by atoms with Crippen LogP contribution in [0.4, 0.5) is 0 Å². The van der Waals surface area contributed by atoms with E-state index in [2.05, 4.69) is 11.2 Å². The first kappa shape index (κ1) is 18.1. The van der Waals surface area contributed by atoms with Gasteiger partial charge in [0.25, 0.3) is 5.91 Å².